The van der Waals surface area contributed by atoms with Crippen LogP contribution in [0.4, 0.5) is 0 Å². The number of methoxy groups -OCH3 is 1. The zero-order valence-corrected chi connectivity index (χ0v) is 19.5. The van der Waals surface area contributed by atoms with Crippen LogP contribution in [0.5, 0.6) is 5.75 Å². The number of benzene rings is 1. The summed E-state index contributed by atoms with van der Waals surface area (Å²) in [6.07, 6.45) is 0.856. The molecule has 0 saturated carbocycles. The quantitative estimate of drug-likeness (QED) is 0.417. The van der Waals surface area contributed by atoms with E-state index in [-0.39, 0.29) is 11.7 Å². The Kier molecular flexibility index (Phi) is 5.27. The molecule has 1 unspecified atom stereocenters. The van der Waals surface area contributed by atoms with Crippen LogP contribution in [0.15, 0.2) is 34.2 Å². The van der Waals surface area contributed by atoms with Crippen molar-refractivity contribution in [3.63, 3.8) is 0 Å². The minimum atomic E-state index is -0.0602. The van der Waals surface area contributed by atoms with Crippen LogP contribution < -0.4 is 10.3 Å². The molecule has 3 aromatic heterocycles. The van der Waals surface area contributed by atoms with Gasteiger partial charge in [-0.05, 0) is 41.5 Å². The lowest BCUT2D eigenvalue weighted by atomic mass is 9.96. The average molecular weight is 457 g/mol. The standard InChI is InChI=1S/C22H24N4O3S2/c1-5-30-22-24-23-21-25(13-6-8-14(28-4)9-7-13)19(27)18-15-10-16(12(2)3)29-11-17(15)31-20(18)26(21)22/h6-9,12,16H,5,10-11H2,1-4H3. The fourth-order valence-corrected chi connectivity index (χ4v) is 6.01. The van der Waals surface area contributed by atoms with Crippen molar-refractivity contribution in [2.45, 2.75) is 45.1 Å². The largest absolute Gasteiger partial charge is 0.497 e. The molecule has 9 heteroatoms. The highest BCUT2D eigenvalue weighted by Gasteiger charge is 2.30. The van der Waals surface area contributed by atoms with Gasteiger partial charge in [-0.25, -0.2) is 8.97 Å². The second-order valence-corrected chi connectivity index (χ2v) is 10.2. The molecule has 1 atom stereocenters. The minimum absolute atomic E-state index is 0.0602. The highest BCUT2D eigenvalue weighted by Crippen LogP contribution is 2.37. The summed E-state index contributed by atoms with van der Waals surface area (Å²) in [7, 11) is 1.63. The Hall–Kier alpha value is -2.36. The van der Waals surface area contributed by atoms with Crippen LogP contribution in [-0.4, -0.2) is 38.1 Å². The minimum Gasteiger partial charge on any atom is -0.497 e. The Morgan fingerprint density at radius 2 is 2.06 bits per heavy atom. The summed E-state index contributed by atoms with van der Waals surface area (Å²) in [6.45, 7) is 6.95. The molecule has 0 aliphatic carbocycles. The van der Waals surface area contributed by atoms with Crippen LogP contribution in [0.3, 0.4) is 0 Å². The molecule has 0 radical (unpaired) electrons. The molecular weight excluding hydrogens is 432 g/mol. The molecule has 0 N–H and O–H groups in total. The van der Waals surface area contributed by atoms with Crippen molar-refractivity contribution < 1.29 is 9.47 Å². The normalized spacial score (nSPS) is 16.4. The fourth-order valence-electron chi connectivity index (χ4n) is 4.05. The SMILES string of the molecule is CCSc1nnc2n(-c3ccc(OC)cc3)c(=O)c3c4c(sc3n12)COC(C(C)C)C4. The maximum Gasteiger partial charge on any atom is 0.268 e. The lowest BCUT2D eigenvalue weighted by Crippen LogP contribution is -2.28. The van der Waals surface area contributed by atoms with Gasteiger partial charge in [-0.3, -0.25) is 4.79 Å². The second kappa shape index (κ2) is 7.96. The Morgan fingerprint density at radius 1 is 1.29 bits per heavy atom. The molecule has 1 aliphatic rings. The van der Waals surface area contributed by atoms with Crippen molar-refractivity contribution in [1.82, 2.24) is 19.2 Å². The van der Waals surface area contributed by atoms with Crippen LogP contribution in [0.25, 0.3) is 21.7 Å². The molecule has 1 aromatic carbocycles. The van der Waals surface area contributed by atoms with E-state index in [1.807, 2.05) is 28.7 Å². The molecule has 162 valence electrons. The van der Waals surface area contributed by atoms with Crippen LogP contribution >= 0.6 is 23.1 Å². The fraction of sp³-hybridized carbons (Fsp3) is 0.409. The number of ether oxygens (including phenoxy) is 2. The number of thiophene rings is 1. The molecule has 31 heavy (non-hydrogen) atoms. The van der Waals surface area contributed by atoms with E-state index in [4.69, 9.17) is 9.47 Å². The average Bonchev–Trinajstić information content (AvgIpc) is 3.35. The van der Waals surface area contributed by atoms with Gasteiger partial charge in [0.05, 0.1) is 30.9 Å². The van der Waals surface area contributed by atoms with Crippen molar-refractivity contribution in [3.05, 3.63) is 45.1 Å². The Labute approximate surface area is 188 Å². The van der Waals surface area contributed by atoms with Gasteiger partial charge in [0.15, 0.2) is 5.16 Å². The third kappa shape index (κ3) is 3.26. The highest BCUT2D eigenvalue weighted by atomic mass is 32.2. The highest BCUT2D eigenvalue weighted by molar-refractivity contribution is 7.99. The monoisotopic (exact) mass is 456 g/mol. The molecule has 7 nitrogen and oxygen atoms in total. The number of hydrogen-bond donors (Lipinski definition) is 0. The lowest BCUT2D eigenvalue weighted by Gasteiger charge is -2.26. The molecule has 4 aromatic rings. The zero-order chi connectivity index (χ0) is 21.7. The van der Waals surface area contributed by atoms with Gasteiger partial charge in [0.1, 0.15) is 10.6 Å². The first-order valence-corrected chi connectivity index (χ1v) is 12.2. The lowest BCUT2D eigenvalue weighted by molar-refractivity contribution is 0.00200. The van der Waals surface area contributed by atoms with Crippen LogP contribution in [0.2, 0.25) is 0 Å². The first kappa shape index (κ1) is 20.5. The number of nitrogens with zero attached hydrogens (tertiary/aromatic N) is 4. The van der Waals surface area contributed by atoms with Crippen LogP contribution in [0.1, 0.15) is 31.2 Å². The van der Waals surface area contributed by atoms with Crippen molar-refractivity contribution >= 4 is 39.1 Å². The number of rotatable bonds is 5. The Morgan fingerprint density at radius 3 is 2.74 bits per heavy atom. The smallest absolute Gasteiger partial charge is 0.268 e. The van der Waals surface area contributed by atoms with E-state index in [2.05, 4.69) is 31.0 Å². The van der Waals surface area contributed by atoms with Crippen LogP contribution in [-0.2, 0) is 17.8 Å². The summed E-state index contributed by atoms with van der Waals surface area (Å²) in [5.74, 6) is 2.52. The molecule has 5 rings (SSSR count). The van der Waals surface area contributed by atoms with Gasteiger partial charge >= 0.3 is 0 Å². The molecule has 1 aliphatic heterocycles. The van der Waals surface area contributed by atoms with E-state index in [0.29, 0.717) is 18.3 Å². The summed E-state index contributed by atoms with van der Waals surface area (Å²) < 4.78 is 15.1. The second-order valence-electron chi connectivity index (χ2n) is 7.87. The summed E-state index contributed by atoms with van der Waals surface area (Å²) >= 11 is 3.25. The van der Waals surface area contributed by atoms with Gasteiger partial charge in [0, 0.05) is 11.3 Å². The van der Waals surface area contributed by atoms with Crippen molar-refractivity contribution in [3.8, 4) is 11.4 Å². The predicted molar refractivity (Wildman–Crippen MR) is 124 cm³/mol. The van der Waals surface area contributed by atoms with Gasteiger partial charge in [-0.2, -0.15) is 0 Å². The van der Waals surface area contributed by atoms with Crippen molar-refractivity contribution in [1.29, 1.82) is 0 Å². The van der Waals surface area contributed by atoms with E-state index in [1.54, 1.807) is 34.8 Å². The molecule has 0 spiro atoms. The zero-order valence-electron chi connectivity index (χ0n) is 17.9. The summed E-state index contributed by atoms with van der Waals surface area (Å²) in [5.41, 5.74) is 1.79. The molecule has 4 heterocycles. The third-order valence-electron chi connectivity index (χ3n) is 5.69. The van der Waals surface area contributed by atoms with Gasteiger partial charge in [-0.1, -0.05) is 32.5 Å². The summed E-state index contributed by atoms with van der Waals surface area (Å²) in [4.78, 5) is 15.9. The van der Waals surface area contributed by atoms with Gasteiger partial charge in [0.25, 0.3) is 5.56 Å². The number of thioether (sulfide) groups is 1. The van der Waals surface area contributed by atoms with E-state index in [1.165, 1.54) is 0 Å². The van der Waals surface area contributed by atoms with Crippen molar-refractivity contribution in [2.24, 2.45) is 5.92 Å². The maximum atomic E-state index is 13.9. The molecule has 0 fully saturated rings. The molecule has 0 amide bonds. The number of fused-ring (bicyclic) bond motifs is 5. The topological polar surface area (TPSA) is 70.7 Å². The molecule has 0 saturated heterocycles. The third-order valence-corrected chi connectivity index (χ3v) is 7.69. The molecular formula is C22H24N4O3S2. The van der Waals surface area contributed by atoms with E-state index in [0.717, 1.165) is 49.4 Å². The first-order valence-electron chi connectivity index (χ1n) is 10.4. The summed E-state index contributed by atoms with van der Waals surface area (Å²) in [6, 6.07) is 7.47. The first-order chi connectivity index (χ1) is 15.0. The van der Waals surface area contributed by atoms with Crippen molar-refractivity contribution in [2.75, 3.05) is 12.9 Å². The van der Waals surface area contributed by atoms with Gasteiger partial charge in [0.2, 0.25) is 5.78 Å². The predicted octanol–water partition coefficient (Wildman–Crippen LogP) is 4.31. The van der Waals surface area contributed by atoms with Gasteiger partial charge < -0.3 is 9.47 Å². The number of aromatic nitrogens is 4. The Bertz CT molecular complexity index is 1320. The summed E-state index contributed by atoms with van der Waals surface area (Å²) in [5, 5.41) is 10.4. The van der Waals surface area contributed by atoms with Gasteiger partial charge in [-0.15, -0.1) is 21.5 Å². The maximum absolute atomic E-state index is 13.9. The molecule has 0 bridgehead atoms. The van der Waals surface area contributed by atoms with E-state index >= 15 is 0 Å². The number of hydrogen-bond acceptors (Lipinski definition) is 7. The Balaban J connectivity index is 1.84. The van der Waals surface area contributed by atoms with E-state index in [9.17, 15) is 4.79 Å². The van der Waals surface area contributed by atoms with E-state index < -0.39 is 0 Å². The van der Waals surface area contributed by atoms with Crippen LogP contribution in [0, 0.1) is 5.92 Å².